The van der Waals surface area contributed by atoms with E-state index in [1.807, 2.05) is 72.9 Å². The van der Waals surface area contributed by atoms with Crippen LogP contribution in [-0.2, 0) is 0 Å². The Bertz CT molecular complexity index is 917. The summed E-state index contributed by atoms with van der Waals surface area (Å²) < 4.78 is 0. The van der Waals surface area contributed by atoms with E-state index in [1.54, 1.807) is 12.4 Å². The second-order valence-corrected chi connectivity index (χ2v) is 6.15. The molecule has 0 fully saturated rings. The van der Waals surface area contributed by atoms with Gasteiger partial charge in [-0.15, -0.1) is 0 Å². The molecule has 0 N–H and O–H groups in total. The minimum Gasteiger partial charge on any atom is -0.270 e. The maximum atomic E-state index is 5.18. The summed E-state index contributed by atoms with van der Waals surface area (Å²) in [4.78, 5) is 13.9. The molecule has 2 aromatic heterocycles. The zero-order valence-corrected chi connectivity index (χ0v) is 14.8. The fourth-order valence-corrected chi connectivity index (χ4v) is 3.03. The molecule has 3 heteroatoms. The first-order chi connectivity index (χ1) is 13.4. The summed E-state index contributed by atoms with van der Waals surface area (Å²) in [6.45, 7) is 0. The van der Waals surface area contributed by atoms with E-state index in [0.717, 1.165) is 28.1 Å². The van der Waals surface area contributed by atoms with Crippen molar-refractivity contribution in [3.05, 3.63) is 132 Å². The van der Waals surface area contributed by atoms with Crippen LogP contribution >= 0.6 is 0 Å². The lowest BCUT2D eigenvalue weighted by atomic mass is 10.00. The van der Waals surface area contributed by atoms with E-state index in [1.165, 1.54) is 0 Å². The molecule has 0 saturated carbocycles. The van der Waals surface area contributed by atoms with Gasteiger partial charge in [-0.3, -0.25) is 15.0 Å². The first-order valence-corrected chi connectivity index (χ1v) is 8.91. The highest BCUT2D eigenvalue weighted by molar-refractivity contribution is 6.13. The molecule has 0 spiro atoms. The normalized spacial score (nSPS) is 11.6. The molecule has 3 nitrogen and oxygen atoms in total. The Balaban J connectivity index is 1.90. The summed E-state index contributed by atoms with van der Waals surface area (Å²) >= 11 is 0. The van der Waals surface area contributed by atoms with Gasteiger partial charge < -0.3 is 0 Å². The van der Waals surface area contributed by atoms with Crippen molar-refractivity contribution in [3.8, 4) is 0 Å². The van der Waals surface area contributed by atoms with Crippen LogP contribution in [0.15, 0.2) is 115 Å². The molecule has 0 radical (unpaired) electrons. The molecule has 0 amide bonds. The highest BCUT2D eigenvalue weighted by Crippen LogP contribution is 2.26. The van der Waals surface area contributed by atoms with Crippen molar-refractivity contribution in [2.24, 2.45) is 4.99 Å². The predicted octanol–water partition coefficient (Wildman–Crippen LogP) is 5.10. The highest BCUT2D eigenvalue weighted by Gasteiger charge is 2.17. The van der Waals surface area contributed by atoms with Gasteiger partial charge in [-0.2, -0.15) is 0 Å². The van der Waals surface area contributed by atoms with Gasteiger partial charge in [0.1, 0.15) is 6.04 Å². The Kier molecular flexibility index (Phi) is 5.11. The van der Waals surface area contributed by atoms with Crippen LogP contribution in [-0.4, -0.2) is 15.7 Å². The van der Waals surface area contributed by atoms with Gasteiger partial charge in [0.05, 0.1) is 11.4 Å². The molecular formula is C24H19N3. The maximum absolute atomic E-state index is 5.18. The molecule has 2 heterocycles. The molecule has 4 rings (SSSR count). The minimum absolute atomic E-state index is 0.204. The number of rotatable bonds is 5. The number of aromatic nitrogens is 2. The standard InChI is InChI=1S/C24H19N3/c1-3-9-19(10-4-1)23(20-11-5-2-6-12-20)27-24(21-14-17-25-18-15-21)22-13-7-8-16-26-22/h1-18,24H. The highest BCUT2D eigenvalue weighted by atomic mass is 14.9. The van der Waals surface area contributed by atoms with Crippen LogP contribution in [0, 0.1) is 0 Å². The minimum atomic E-state index is -0.204. The third kappa shape index (κ3) is 3.98. The van der Waals surface area contributed by atoms with Crippen molar-refractivity contribution in [1.82, 2.24) is 9.97 Å². The molecule has 1 atom stereocenters. The molecule has 0 aliphatic rings. The Morgan fingerprint density at radius 1 is 0.630 bits per heavy atom. The Labute approximate surface area is 159 Å². The third-order valence-corrected chi connectivity index (χ3v) is 4.34. The largest absolute Gasteiger partial charge is 0.270 e. The van der Waals surface area contributed by atoms with Gasteiger partial charge in [0.15, 0.2) is 0 Å². The van der Waals surface area contributed by atoms with E-state index in [2.05, 4.69) is 34.2 Å². The van der Waals surface area contributed by atoms with E-state index in [4.69, 9.17) is 4.99 Å². The summed E-state index contributed by atoms with van der Waals surface area (Å²) in [5, 5.41) is 0. The van der Waals surface area contributed by atoms with E-state index in [-0.39, 0.29) is 6.04 Å². The second kappa shape index (κ2) is 8.19. The van der Waals surface area contributed by atoms with Crippen molar-refractivity contribution in [3.63, 3.8) is 0 Å². The summed E-state index contributed by atoms with van der Waals surface area (Å²) in [5.41, 5.74) is 5.09. The molecule has 130 valence electrons. The number of pyridine rings is 2. The zero-order valence-electron chi connectivity index (χ0n) is 14.8. The van der Waals surface area contributed by atoms with Crippen molar-refractivity contribution in [2.45, 2.75) is 6.04 Å². The molecular weight excluding hydrogens is 330 g/mol. The van der Waals surface area contributed by atoms with Crippen LogP contribution in [0.1, 0.15) is 28.4 Å². The average Bonchev–Trinajstić information content (AvgIpc) is 2.77. The van der Waals surface area contributed by atoms with Gasteiger partial charge in [0, 0.05) is 29.7 Å². The fourth-order valence-electron chi connectivity index (χ4n) is 3.03. The predicted molar refractivity (Wildman–Crippen MR) is 109 cm³/mol. The van der Waals surface area contributed by atoms with Gasteiger partial charge in [-0.25, -0.2) is 0 Å². The molecule has 1 unspecified atom stereocenters. The summed E-state index contributed by atoms with van der Waals surface area (Å²) in [6.07, 6.45) is 5.40. The first kappa shape index (κ1) is 16.9. The van der Waals surface area contributed by atoms with Crippen molar-refractivity contribution >= 4 is 5.71 Å². The van der Waals surface area contributed by atoms with E-state index in [0.29, 0.717) is 0 Å². The van der Waals surface area contributed by atoms with Gasteiger partial charge in [0.25, 0.3) is 0 Å². The molecule has 0 bridgehead atoms. The smallest absolute Gasteiger partial charge is 0.118 e. The maximum Gasteiger partial charge on any atom is 0.118 e. The van der Waals surface area contributed by atoms with Gasteiger partial charge in [-0.05, 0) is 29.8 Å². The molecule has 2 aromatic carbocycles. The number of nitrogens with zero attached hydrogens (tertiary/aromatic N) is 3. The van der Waals surface area contributed by atoms with Crippen LogP contribution in [0.3, 0.4) is 0 Å². The number of aliphatic imine (C=N–C) groups is 1. The quantitative estimate of drug-likeness (QED) is 0.470. The van der Waals surface area contributed by atoms with E-state index >= 15 is 0 Å². The van der Waals surface area contributed by atoms with Crippen LogP contribution in [0.25, 0.3) is 0 Å². The molecule has 4 aromatic rings. The van der Waals surface area contributed by atoms with Gasteiger partial charge in [-0.1, -0.05) is 66.7 Å². The second-order valence-electron chi connectivity index (χ2n) is 6.15. The lowest BCUT2D eigenvalue weighted by Gasteiger charge is -2.16. The Morgan fingerprint density at radius 3 is 1.78 bits per heavy atom. The monoisotopic (exact) mass is 349 g/mol. The van der Waals surface area contributed by atoms with Crippen molar-refractivity contribution in [1.29, 1.82) is 0 Å². The van der Waals surface area contributed by atoms with Gasteiger partial charge in [0.2, 0.25) is 0 Å². The number of hydrogen-bond donors (Lipinski definition) is 0. The molecule has 0 saturated heterocycles. The number of benzene rings is 2. The van der Waals surface area contributed by atoms with E-state index < -0.39 is 0 Å². The Hall–Kier alpha value is -3.59. The first-order valence-electron chi connectivity index (χ1n) is 8.91. The lowest BCUT2D eigenvalue weighted by molar-refractivity contribution is 0.828. The van der Waals surface area contributed by atoms with Crippen LogP contribution in [0.2, 0.25) is 0 Å². The third-order valence-electron chi connectivity index (χ3n) is 4.34. The summed E-state index contributed by atoms with van der Waals surface area (Å²) in [5.74, 6) is 0. The van der Waals surface area contributed by atoms with Gasteiger partial charge >= 0.3 is 0 Å². The SMILES string of the molecule is c1ccc(C(=NC(c2ccncc2)c2ccccn2)c2ccccc2)cc1. The lowest BCUT2D eigenvalue weighted by Crippen LogP contribution is -2.09. The van der Waals surface area contributed by atoms with Crippen molar-refractivity contribution < 1.29 is 0 Å². The molecule has 27 heavy (non-hydrogen) atoms. The fraction of sp³-hybridized carbons (Fsp3) is 0.0417. The summed E-state index contributed by atoms with van der Waals surface area (Å²) in [7, 11) is 0. The zero-order chi connectivity index (χ0) is 18.3. The molecule has 0 aliphatic carbocycles. The Morgan fingerprint density at radius 2 is 1.22 bits per heavy atom. The average molecular weight is 349 g/mol. The van der Waals surface area contributed by atoms with Crippen LogP contribution in [0.5, 0.6) is 0 Å². The van der Waals surface area contributed by atoms with Crippen molar-refractivity contribution in [2.75, 3.05) is 0 Å². The van der Waals surface area contributed by atoms with E-state index in [9.17, 15) is 0 Å². The molecule has 0 aliphatic heterocycles. The van der Waals surface area contributed by atoms with Crippen LogP contribution < -0.4 is 0 Å². The topological polar surface area (TPSA) is 38.1 Å². The summed E-state index contributed by atoms with van der Waals surface area (Å²) in [6, 6.07) is 30.3. The number of hydrogen-bond acceptors (Lipinski definition) is 3. The van der Waals surface area contributed by atoms with Crippen LogP contribution in [0.4, 0.5) is 0 Å².